The molecule has 0 spiro atoms. The molecule has 1 aromatic rings. The van der Waals surface area contributed by atoms with Crippen LogP contribution in [-0.2, 0) is 9.53 Å². The molecule has 0 aliphatic carbocycles. The summed E-state index contributed by atoms with van der Waals surface area (Å²) in [7, 11) is 1.33. The molecule has 0 saturated heterocycles. The number of rotatable bonds is 7. The molecule has 0 fully saturated rings. The lowest BCUT2D eigenvalue weighted by atomic mass is 10.1. The highest BCUT2D eigenvalue weighted by Gasteiger charge is 2.23. The van der Waals surface area contributed by atoms with E-state index in [-0.39, 0.29) is 24.2 Å². The smallest absolute Gasteiger partial charge is 0.306 e. The Morgan fingerprint density at radius 1 is 1.48 bits per heavy atom. The first-order valence-corrected chi connectivity index (χ1v) is 6.13. The van der Waals surface area contributed by atoms with Gasteiger partial charge in [-0.05, 0) is 12.5 Å². The molecule has 8 heteroatoms. The van der Waals surface area contributed by atoms with Gasteiger partial charge in [-0.15, -0.1) is 0 Å². The Kier molecular flexibility index (Phi) is 5.79. The molecule has 0 heterocycles. The van der Waals surface area contributed by atoms with Gasteiger partial charge in [0.05, 0.1) is 17.4 Å². The summed E-state index contributed by atoms with van der Waals surface area (Å²) < 4.78 is 4.93. The first-order valence-electron chi connectivity index (χ1n) is 6.13. The topological polar surface area (TPSA) is 119 Å². The molecule has 1 unspecified atom stereocenters. The van der Waals surface area contributed by atoms with Crippen molar-refractivity contribution in [1.82, 2.24) is 5.32 Å². The number of carboxylic acids is 1. The van der Waals surface area contributed by atoms with E-state index in [4.69, 9.17) is 9.84 Å². The third-order valence-corrected chi connectivity index (χ3v) is 2.90. The van der Waals surface area contributed by atoms with Gasteiger partial charge in [-0.25, -0.2) is 0 Å². The van der Waals surface area contributed by atoms with Crippen LogP contribution in [0.2, 0.25) is 0 Å². The average Bonchev–Trinajstić information content (AvgIpc) is 2.42. The Morgan fingerprint density at radius 2 is 2.14 bits per heavy atom. The fraction of sp³-hybridized carbons (Fsp3) is 0.385. The van der Waals surface area contributed by atoms with Crippen LogP contribution in [-0.4, -0.2) is 41.7 Å². The first-order chi connectivity index (χ1) is 9.86. The molecule has 0 aromatic heterocycles. The molecule has 114 valence electrons. The third kappa shape index (κ3) is 4.53. The molecule has 1 aromatic carbocycles. The highest BCUT2D eigenvalue weighted by Crippen LogP contribution is 2.21. The summed E-state index contributed by atoms with van der Waals surface area (Å²) in [5, 5.41) is 22.1. The summed E-state index contributed by atoms with van der Waals surface area (Å²) in [6, 6.07) is 4.33. The molecular weight excluding hydrogens is 280 g/mol. The van der Waals surface area contributed by atoms with Crippen LogP contribution in [0.4, 0.5) is 5.69 Å². The van der Waals surface area contributed by atoms with Gasteiger partial charge in [0.2, 0.25) is 0 Å². The SMILES string of the molecule is COC(CNC(=O)c1c(C)cccc1[N+](=O)[O-])CC(=O)O. The molecule has 0 saturated carbocycles. The molecule has 2 N–H and O–H groups in total. The van der Waals surface area contributed by atoms with Gasteiger partial charge >= 0.3 is 5.97 Å². The Labute approximate surface area is 120 Å². The molecule has 0 aliphatic rings. The maximum atomic E-state index is 12.1. The predicted octanol–water partition coefficient (Wildman–Crippen LogP) is 1.12. The van der Waals surface area contributed by atoms with Crippen LogP contribution in [0.25, 0.3) is 0 Å². The van der Waals surface area contributed by atoms with Crippen molar-refractivity contribution in [3.05, 3.63) is 39.4 Å². The molecule has 1 atom stereocenters. The highest BCUT2D eigenvalue weighted by molar-refractivity contribution is 5.99. The van der Waals surface area contributed by atoms with Gasteiger partial charge in [0.1, 0.15) is 5.56 Å². The van der Waals surface area contributed by atoms with E-state index in [1.165, 1.54) is 19.2 Å². The minimum Gasteiger partial charge on any atom is -0.481 e. The fourth-order valence-corrected chi connectivity index (χ4v) is 1.83. The van der Waals surface area contributed by atoms with Crippen molar-refractivity contribution < 1.29 is 24.4 Å². The second kappa shape index (κ2) is 7.34. The number of aliphatic carboxylic acids is 1. The van der Waals surface area contributed by atoms with Crippen molar-refractivity contribution in [2.45, 2.75) is 19.4 Å². The van der Waals surface area contributed by atoms with Crippen molar-refractivity contribution in [1.29, 1.82) is 0 Å². The number of nitrogens with one attached hydrogen (secondary N) is 1. The summed E-state index contributed by atoms with van der Waals surface area (Å²) >= 11 is 0. The normalized spacial score (nSPS) is 11.7. The van der Waals surface area contributed by atoms with Crippen LogP contribution in [0.3, 0.4) is 0 Å². The van der Waals surface area contributed by atoms with Crippen molar-refractivity contribution in [3.63, 3.8) is 0 Å². The predicted molar refractivity (Wildman–Crippen MR) is 73.2 cm³/mol. The number of carboxylic acid groups (broad SMARTS) is 1. The molecule has 8 nitrogen and oxygen atoms in total. The van der Waals surface area contributed by atoms with Gasteiger partial charge in [0.15, 0.2) is 0 Å². The van der Waals surface area contributed by atoms with E-state index in [9.17, 15) is 19.7 Å². The zero-order valence-corrected chi connectivity index (χ0v) is 11.7. The number of nitrogens with zero attached hydrogens (tertiary/aromatic N) is 1. The Hall–Kier alpha value is -2.48. The van der Waals surface area contributed by atoms with Gasteiger partial charge < -0.3 is 15.2 Å². The Balaban J connectivity index is 2.85. The standard InChI is InChI=1S/C13H16N2O6/c1-8-4-3-5-10(15(19)20)12(8)13(18)14-7-9(21-2)6-11(16)17/h3-5,9H,6-7H2,1-2H3,(H,14,18)(H,16,17). The third-order valence-electron chi connectivity index (χ3n) is 2.90. The van der Waals surface area contributed by atoms with Crippen LogP contribution in [0.15, 0.2) is 18.2 Å². The van der Waals surface area contributed by atoms with Crippen molar-refractivity contribution in [2.75, 3.05) is 13.7 Å². The van der Waals surface area contributed by atoms with Crippen LogP contribution in [0.1, 0.15) is 22.3 Å². The van der Waals surface area contributed by atoms with Crippen LogP contribution >= 0.6 is 0 Å². The van der Waals surface area contributed by atoms with Gasteiger partial charge in [0, 0.05) is 19.7 Å². The number of benzene rings is 1. The average molecular weight is 296 g/mol. The maximum Gasteiger partial charge on any atom is 0.306 e. The summed E-state index contributed by atoms with van der Waals surface area (Å²) in [4.78, 5) is 33.0. The van der Waals surface area contributed by atoms with Gasteiger partial charge in [-0.2, -0.15) is 0 Å². The van der Waals surface area contributed by atoms with E-state index in [1.54, 1.807) is 13.0 Å². The number of methoxy groups -OCH3 is 1. The molecule has 0 bridgehead atoms. The van der Waals surface area contributed by atoms with E-state index in [0.29, 0.717) is 5.56 Å². The Bertz CT molecular complexity index is 558. The summed E-state index contributed by atoms with van der Waals surface area (Å²) in [6.07, 6.45) is -0.971. The summed E-state index contributed by atoms with van der Waals surface area (Å²) in [6.45, 7) is 1.54. The Morgan fingerprint density at radius 3 is 2.67 bits per heavy atom. The van der Waals surface area contributed by atoms with Gasteiger partial charge in [-0.3, -0.25) is 19.7 Å². The van der Waals surface area contributed by atoms with Crippen LogP contribution in [0.5, 0.6) is 0 Å². The largest absolute Gasteiger partial charge is 0.481 e. The summed E-state index contributed by atoms with van der Waals surface area (Å²) in [5.41, 5.74) is 0.140. The lowest BCUT2D eigenvalue weighted by Gasteiger charge is -2.14. The molecule has 21 heavy (non-hydrogen) atoms. The van der Waals surface area contributed by atoms with Crippen LogP contribution < -0.4 is 5.32 Å². The number of hydrogen-bond donors (Lipinski definition) is 2. The number of nitro groups is 1. The van der Waals surface area contributed by atoms with E-state index in [0.717, 1.165) is 0 Å². The quantitative estimate of drug-likeness (QED) is 0.575. The number of hydrogen-bond acceptors (Lipinski definition) is 5. The van der Waals surface area contributed by atoms with Gasteiger partial charge in [-0.1, -0.05) is 12.1 Å². The van der Waals surface area contributed by atoms with E-state index in [1.807, 2.05) is 0 Å². The van der Waals surface area contributed by atoms with Crippen LogP contribution in [0, 0.1) is 17.0 Å². The monoisotopic (exact) mass is 296 g/mol. The number of carbonyl (C=O) groups excluding carboxylic acids is 1. The van der Waals surface area contributed by atoms with E-state index in [2.05, 4.69) is 5.32 Å². The number of ether oxygens (including phenoxy) is 1. The van der Waals surface area contributed by atoms with Crippen molar-refractivity contribution in [2.24, 2.45) is 0 Å². The van der Waals surface area contributed by atoms with Gasteiger partial charge in [0.25, 0.3) is 11.6 Å². The molecular formula is C13H16N2O6. The van der Waals surface area contributed by atoms with E-state index < -0.39 is 22.9 Å². The number of aryl methyl sites for hydroxylation is 1. The highest BCUT2D eigenvalue weighted by atomic mass is 16.6. The zero-order chi connectivity index (χ0) is 16.0. The molecule has 0 aliphatic heterocycles. The minimum atomic E-state index is -1.06. The number of amides is 1. The minimum absolute atomic E-state index is 0.0346. The first kappa shape index (κ1) is 16.6. The van der Waals surface area contributed by atoms with Crippen molar-refractivity contribution in [3.8, 4) is 0 Å². The van der Waals surface area contributed by atoms with Crippen molar-refractivity contribution >= 4 is 17.6 Å². The summed E-state index contributed by atoms with van der Waals surface area (Å²) in [5.74, 6) is -1.69. The molecule has 1 amide bonds. The lowest BCUT2D eigenvalue weighted by Crippen LogP contribution is -2.35. The molecule has 0 radical (unpaired) electrons. The number of carbonyl (C=O) groups is 2. The fourth-order valence-electron chi connectivity index (χ4n) is 1.83. The van der Waals surface area contributed by atoms with E-state index >= 15 is 0 Å². The number of nitro benzene ring substituents is 1. The second-order valence-corrected chi connectivity index (χ2v) is 4.39. The zero-order valence-electron chi connectivity index (χ0n) is 11.7. The maximum absolute atomic E-state index is 12.1. The molecule has 1 rings (SSSR count). The second-order valence-electron chi connectivity index (χ2n) is 4.39. The lowest BCUT2D eigenvalue weighted by molar-refractivity contribution is -0.385.